The second-order valence-corrected chi connectivity index (χ2v) is 6.59. The van der Waals surface area contributed by atoms with E-state index in [-0.39, 0.29) is 0 Å². The lowest BCUT2D eigenvalue weighted by molar-refractivity contribution is 0.0767. The van der Waals surface area contributed by atoms with Crippen LogP contribution in [-0.4, -0.2) is 39.7 Å². The lowest BCUT2D eigenvalue weighted by Crippen LogP contribution is -2.46. The van der Waals surface area contributed by atoms with Gasteiger partial charge in [0.15, 0.2) is 0 Å². The molecule has 1 unspecified atom stereocenters. The molecule has 0 radical (unpaired) electrons. The summed E-state index contributed by atoms with van der Waals surface area (Å²) >= 11 is 0. The van der Waals surface area contributed by atoms with E-state index in [1.165, 1.54) is 32.2 Å². The quantitative estimate of drug-likeness (QED) is 0.946. The minimum Gasteiger partial charge on any atom is -0.366 e. The van der Waals surface area contributed by atoms with Gasteiger partial charge in [0, 0.05) is 24.2 Å². The lowest BCUT2D eigenvalue weighted by Gasteiger charge is -2.42. The molecule has 5 nitrogen and oxygen atoms in total. The van der Waals surface area contributed by atoms with E-state index in [0.29, 0.717) is 11.6 Å². The fourth-order valence-electron chi connectivity index (χ4n) is 3.73. The summed E-state index contributed by atoms with van der Waals surface area (Å²) in [6, 6.07) is 6.81. The summed E-state index contributed by atoms with van der Waals surface area (Å²) in [5, 5.41) is 5.68. The number of benzene rings is 1. The van der Waals surface area contributed by atoms with Crippen LogP contribution in [0.15, 0.2) is 24.4 Å². The highest BCUT2D eigenvalue weighted by atomic mass is 16.1. The van der Waals surface area contributed by atoms with Crippen molar-refractivity contribution in [3.63, 3.8) is 0 Å². The van der Waals surface area contributed by atoms with E-state index in [1.54, 1.807) is 6.07 Å². The van der Waals surface area contributed by atoms with Gasteiger partial charge in [0.2, 0.25) is 0 Å². The zero-order valence-electron chi connectivity index (χ0n) is 12.7. The van der Waals surface area contributed by atoms with E-state index in [2.05, 4.69) is 20.9 Å². The molecule has 116 valence electrons. The molecule has 2 heterocycles. The van der Waals surface area contributed by atoms with Crippen molar-refractivity contribution in [2.24, 2.45) is 5.73 Å². The molecule has 1 aliphatic heterocycles. The maximum atomic E-state index is 11.6. The lowest BCUT2D eigenvalue weighted by atomic mass is 9.89. The number of hydrogen-bond acceptors (Lipinski definition) is 3. The highest BCUT2D eigenvalue weighted by molar-refractivity contribution is 6.04. The first-order chi connectivity index (χ1) is 10.7. The van der Waals surface area contributed by atoms with E-state index in [0.717, 1.165) is 29.9 Å². The third kappa shape index (κ3) is 2.29. The van der Waals surface area contributed by atoms with E-state index in [9.17, 15) is 4.79 Å². The number of hydrogen-bond donors (Lipinski definition) is 1. The Balaban J connectivity index is 1.63. The minimum absolute atomic E-state index is 0.405. The zero-order valence-corrected chi connectivity index (χ0v) is 12.7. The third-order valence-electron chi connectivity index (χ3n) is 5.21. The van der Waals surface area contributed by atoms with Crippen LogP contribution in [0.2, 0.25) is 0 Å². The summed E-state index contributed by atoms with van der Waals surface area (Å²) in [6.45, 7) is 2.29. The van der Waals surface area contributed by atoms with E-state index >= 15 is 0 Å². The molecule has 1 atom stereocenters. The largest absolute Gasteiger partial charge is 0.366 e. The standard InChI is InChI=1S/C17H22N4O/c18-17(22)15-8-1-4-12-10-21(19-16(12)15)14-7-3-9-20(11-14)13-5-2-6-13/h1,4,8,10,13-14H,2-3,5-7,9,11H2,(H2,18,22). The second kappa shape index (κ2) is 5.39. The molecule has 0 bridgehead atoms. The highest BCUT2D eigenvalue weighted by Crippen LogP contribution is 2.31. The summed E-state index contributed by atoms with van der Waals surface area (Å²) in [5.41, 5.74) is 6.71. The average molecular weight is 298 g/mol. The summed E-state index contributed by atoms with van der Waals surface area (Å²) < 4.78 is 2.06. The molecule has 22 heavy (non-hydrogen) atoms. The van der Waals surface area contributed by atoms with Crippen molar-refractivity contribution in [3.8, 4) is 0 Å². The fourth-order valence-corrected chi connectivity index (χ4v) is 3.73. The van der Waals surface area contributed by atoms with Gasteiger partial charge in [0.1, 0.15) is 5.52 Å². The van der Waals surface area contributed by atoms with Crippen LogP contribution in [0.25, 0.3) is 10.9 Å². The number of rotatable bonds is 3. The van der Waals surface area contributed by atoms with Gasteiger partial charge in [-0.3, -0.25) is 14.4 Å². The first-order valence-corrected chi connectivity index (χ1v) is 8.24. The average Bonchev–Trinajstić information content (AvgIpc) is 2.89. The topological polar surface area (TPSA) is 64.2 Å². The number of fused-ring (bicyclic) bond motifs is 1. The molecule has 4 rings (SSSR count). The predicted molar refractivity (Wildman–Crippen MR) is 85.7 cm³/mol. The normalized spacial score (nSPS) is 23.5. The number of primary amides is 1. The molecule has 1 aromatic heterocycles. The maximum absolute atomic E-state index is 11.6. The van der Waals surface area contributed by atoms with Crippen LogP contribution in [0.1, 0.15) is 48.5 Å². The van der Waals surface area contributed by atoms with Crippen LogP contribution in [0.4, 0.5) is 0 Å². The van der Waals surface area contributed by atoms with Crippen molar-refractivity contribution in [2.45, 2.75) is 44.2 Å². The molecule has 2 fully saturated rings. The summed E-state index contributed by atoms with van der Waals surface area (Å²) in [7, 11) is 0. The van der Waals surface area contributed by atoms with Gasteiger partial charge >= 0.3 is 0 Å². The van der Waals surface area contributed by atoms with Gasteiger partial charge < -0.3 is 5.73 Å². The van der Waals surface area contributed by atoms with E-state index < -0.39 is 5.91 Å². The molecule has 5 heteroatoms. The first-order valence-electron chi connectivity index (χ1n) is 8.24. The van der Waals surface area contributed by atoms with Crippen LogP contribution < -0.4 is 5.73 Å². The molecule has 1 saturated heterocycles. The van der Waals surface area contributed by atoms with Crippen LogP contribution in [0.5, 0.6) is 0 Å². The van der Waals surface area contributed by atoms with Gasteiger partial charge in [0.25, 0.3) is 5.91 Å². The highest BCUT2D eigenvalue weighted by Gasteiger charge is 2.30. The van der Waals surface area contributed by atoms with Gasteiger partial charge in [-0.1, -0.05) is 18.6 Å². The SMILES string of the molecule is NC(=O)c1cccc2cn(C3CCCN(C4CCC4)C3)nc12. The Morgan fingerprint density at radius 3 is 2.73 bits per heavy atom. The van der Waals surface area contributed by atoms with Crippen molar-refractivity contribution in [3.05, 3.63) is 30.0 Å². The minimum atomic E-state index is -0.407. The van der Waals surface area contributed by atoms with Gasteiger partial charge in [0.05, 0.1) is 11.6 Å². The number of carbonyl (C=O) groups is 1. The Bertz CT molecular complexity index is 704. The Hall–Kier alpha value is -1.88. The van der Waals surface area contributed by atoms with Crippen molar-refractivity contribution in [1.82, 2.24) is 14.7 Å². The monoisotopic (exact) mass is 298 g/mol. The van der Waals surface area contributed by atoms with Gasteiger partial charge in [-0.2, -0.15) is 5.10 Å². The molecule has 0 spiro atoms. The first kappa shape index (κ1) is 13.8. The molecule has 2 N–H and O–H groups in total. The number of aromatic nitrogens is 2. The summed E-state index contributed by atoms with van der Waals surface area (Å²) in [4.78, 5) is 14.2. The van der Waals surface area contributed by atoms with E-state index in [1.807, 2.05) is 12.1 Å². The Morgan fingerprint density at radius 2 is 2.00 bits per heavy atom. The summed E-state index contributed by atoms with van der Waals surface area (Å²) in [5.74, 6) is -0.407. The van der Waals surface area contributed by atoms with Gasteiger partial charge in [-0.15, -0.1) is 0 Å². The smallest absolute Gasteiger partial charge is 0.250 e. The molecule has 1 aromatic carbocycles. The molecule has 2 aliphatic rings. The van der Waals surface area contributed by atoms with Crippen LogP contribution in [0.3, 0.4) is 0 Å². The van der Waals surface area contributed by atoms with Crippen LogP contribution in [0, 0.1) is 0 Å². The number of likely N-dealkylation sites (tertiary alicyclic amines) is 1. The summed E-state index contributed by atoms with van der Waals surface area (Å²) in [6.07, 6.45) is 8.51. The second-order valence-electron chi connectivity index (χ2n) is 6.59. The van der Waals surface area contributed by atoms with Gasteiger partial charge in [-0.25, -0.2) is 0 Å². The van der Waals surface area contributed by atoms with Crippen molar-refractivity contribution in [1.29, 1.82) is 0 Å². The molecule has 1 saturated carbocycles. The molecule has 1 aliphatic carbocycles. The van der Waals surface area contributed by atoms with Crippen molar-refractivity contribution >= 4 is 16.8 Å². The Kier molecular flexibility index (Phi) is 3.37. The maximum Gasteiger partial charge on any atom is 0.250 e. The number of nitrogens with zero attached hydrogens (tertiary/aromatic N) is 3. The zero-order chi connectivity index (χ0) is 15.1. The predicted octanol–water partition coefficient (Wildman–Crippen LogP) is 2.32. The number of carbonyl (C=O) groups excluding carboxylic acids is 1. The van der Waals surface area contributed by atoms with E-state index in [4.69, 9.17) is 5.73 Å². The molecule has 1 amide bonds. The molecular weight excluding hydrogens is 276 g/mol. The fraction of sp³-hybridized carbons (Fsp3) is 0.529. The third-order valence-corrected chi connectivity index (χ3v) is 5.21. The Labute approximate surface area is 130 Å². The number of nitrogens with two attached hydrogens (primary N) is 1. The Morgan fingerprint density at radius 1 is 1.18 bits per heavy atom. The van der Waals surface area contributed by atoms with Crippen LogP contribution >= 0.6 is 0 Å². The van der Waals surface area contributed by atoms with Gasteiger partial charge in [-0.05, 0) is 38.3 Å². The van der Waals surface area contributed by atoms with Crippen molar-refractivity contribution in [2.75, 3.05) is 13.1 Å². The van der Waals surface area contributed by atoms with Crippen molar-refractivity contribution < 1.29 is 4.79 Å². The number of piperidine rings is 1. The molecular formula is C17H22N4O. The molecule has 2 aromatic rings. The van der Waals surface area contributed by atoms with Crippen LogP contribution in [-0.2, 0) is 0 Å². The number of amides is 1.